The van der Waals surface area contributed by atoms with Gasteiger partial charge in [0.2, 0.25) is 6.08 Å². The van der Waals surface area contributed by atoms with E-state index >= 15 is 0 Å². The summed E-state index contributed by atoms with van der Waals surface area (Å²) in [5.74, 6) is 0.408. The molecule has 0 saturated heterocycles. The van der Waals surface area contributed by atoms with Gasteiger partial charge < -0.3 is 19.7 Å². The van der Waals surface area contributed by atoms with Crippen molar-refractivity contribution < 1.29 is 29.3 Å². The molecule has 2 aliphatic heterocycles. The lowest BCUT2D eigenvalue weighted by atomic mass is 9.77. The van der Waals surface area contributed by atoms with Gasteiger partial charge in [0.15, 0.2) is 5.60 Å². The summed E-state index contributed by atoms with van der Waals surface area (Å²) in [5.41, 5.74) is 1.28. The number of ether oxygens (including phenoxy) is 2. The maximum Gasteiger partial charge on any atom is 0.340 e. The zero-order valence-electron chi connectivity index (χ0n) is 14.7. The number of esters is 1. The second-order valence-electron chi connectivity index (χ2n) is 6.27. The fourth-order valence-electron chi connectivity index (χ4n) is 3.65. The van der Waals surface area contributed by atoms with E-state index in [0.29, 0.717) is 33.8 Å². The third-order valence-corrected chi connectivity index (χ3v) is 4.80. The molecule has 2 N–H and O–H groups in total. The Bertz CT molecular complexity index is 1130. The first-order valence-corrected chi connectivity index (χ1v) is 8.80. The number of isocyanates is 1. The zero-order chi connectivity index (χ0) is 20.6. The van der Waals surface area contributed by atoms with Crippen LogP contribution in [-0.2, 0) is 15.1 Å². The van der Waals surface area contributed by atoms with Crippen LogP contribution in [0.4, 0.5) is 0 Å². The van der Waals surface area contributed by atoms with Gasteiger partial charge in [0.25, 0.3) is 0 Å². The third-order valence-electron chi connectivity index (χ3n) is 4.72. The van der Waals surface area contributed by atoms with Crippen molar-refractivity contribution in [3.63, 3.8) is 0 Å². The van der Waals surface area contributed by atoms with Crippen molar-refractivity contribution >= 4 is 24.9 Å². The van der Waals surface area contributed by atoms with E-state index in [-0.39, 0.29) is 11.5 Å². The van der Waals surface area contributed by atoms with Crippen LogP contribution in [0.1, 0.15) is 27.0 Å². The van der Waals surface area contributed by atoms with Crippen LogP contribution in [0.5, 0.6) is 23.0 Å². The second kappa shape index (κ2) is 7.01. The first-order chi connectivity index (χ1) is 14.0. The number of benzene rings is 3. The minimum absolute atomic E-state index is 0.0371. The highest BCUT2D eigenvalue weighted by Crippen LogP contribution is 2.56. The molecule has 3 aromatic rings. The molecule has 29 heavy (non-hydrogen) atoms. The normalized spacial score (nSPS) is 14.2. The van der Waals surface area contributed by atoms with Gasteiger partial charge in [-0.1, -0.05) is 18.2 Å². The van der Waals surface area contributed by atoms with Crippen molar-refractivity contribution in [2.75, 3.05) is 0 Å². The van der Waals surface area contributed by atoms with Crippen molar-refractivity contribution in [3.05, 3.63) is 82.9 Å². The van der Waals surface area contributed by atoms with Crippen LogP contribution in [-0.4, -0.2) is 22.3 Å². The van der Waals surface area contributed by atoms with E-state index < -0.39 is 11.6 Å². The highest BCUT2D eigenvalue weighted by Gasteiger charge is 2.53. The van der Waals surface area contributed by atoms with Crippen LogP contribution in [0.3, 0.4) is 0 Å². The first kappa shape index (κ1) is 18.6. The lowest BCUT2D eigenvalue weighted by Crippen LogP contribution is -2.32. The Morgan fingerprint density at radius 3 is 2.00 bits per heavy atom. The number of phenols is 2. The molecule has 0 radical (unpaired) electrons. The van der Waals surface area contributed by atoms with Crippen molar-refractivity contribution in [3.8, 4) is 23.0 Å². The van der Waals surface area contributed by atoms with E-state index in [1.165, 1.54) is 30.3 Å². The molecule has 7 nitrogen and oxygen atoms in total. The van der Waals surface area contributed by atoms with E-state index in [4.69, 9.17) is 14.3 Å². The summed E-state index contributed by atoms with van der Waals surface area (Å²) in [7, 11) is 0. The fourth-order valence-corrected chi connectivity index (χ4v) is 3.65. The van der Waals surface area contributed by atoms with Crippen LogP contribution in [0.2, 0.25) is 0 Å². The maximum atomic E-state index is 12.5. The van der Waals surface area contributed by atoms with Crippen LogP contribution < -0.4 is 4.74 Å². The van der Waals surface area contributed by atoms with Gasteiger partial charge in [0.05, 0.1) is 5.56 Å². The van der Waals surface area contributed by atoms with Gasteiger partial charge in [-0.15, -0.1) is 4.40 Å². The SMILES string of the molecule is O=C1OC2(c3ccc(O)cc3Oc3cc(O)ccc32)c2ccccc21.O=C=NS. The topological polar surface area (TPSA) is 105 Å². The number of carbonyl (C=O) groups is 1. The Morgan fingerprint density at radius 1 is 0.897 bits per heavy atom. The van der Waals surface area contributed by atoms with E-state index in [1.807, 2.05) is 12.1 Å². The molecule has 3 aromatic carbocycles. The highest BCUT2D eigenvalue weighted by atomic mass is 32.1. The summed E-state index contributed by atoms with van der Waals surface area (Å²) in [6.45, 7) is 0. The molecule has 5 rings (SSSR count). The van der Waals surface area contributed by atoms with Gasteiger partial charge in [-0.05, 0) is 43.1 Å². The zero-order valence-corrected chi connectivity index (χ0v) is 15.6. The van der Waals surface area contributed by atoms with E-state index in [0.717, 1.165) is 0 Å². The molecule has 1 spiro atoms. The Labute approximate surface area is 170 Å². The molecule has 0 fully saturated rings. The lowest BCUT2D eigenvalue weighted by Gasteiger charge is -2.36. The summed E-state index contributed by atoms with van der Waals surface area (Å²) in [6, 6.07) is 16.6. The molecular weight excluding hydrogens is 394 g/mol. The van der Waals surface area contributed by atoms with Crippen LogP contribution in [0, 0.1) is 0 Å². The van der Waals surface area contributed by atoms with Crippen LogP contribution >= 0.6 is 12.8 Å². The van der Waals surface area contributed by atoms with Gasteiger partial charge in [-0.25, -0.2) is 9.59 Å². The molecule has 0 atom stereocenters. The van der Waals surface area contributed by atoms with Crippen molar-refractivity contribution in [1.29, 1.82) is 0 Å². The number of nitrogens with zero attached hydrogens (tertiary/aromatic N) is 1. The van der Waals surface area contributed by atoms with Crippen LogP contribution in [0.15, 0.2) is 65.1 Å². The number of hydrogen-bond acceptors (Lipinski definition) is 8. The largest absolute Gasteiger partial charge is 0.508 e. The standard InChI is InChI=1S/C20H12O5.CHNOS/c21-11-5-7-15-17(9-11)24-18-10-12(22)6-8-16(18)20(15)14-4-2-1-3-13(14)19(23)25-20;3-1-2-4/h1-10,21-22H;4H. The Morgan fingerprint density at radius 2 is 1.45 bits per heavy atom. The van der Waals surface area contributed by atoms with E-state index in [9.17, 15) is 15.0 Å². The van der Waals surface area contributed by atoms with Crippen molar-refractivity contribution in [2.24, 2.45) is 4.40 Å². The number of aromatic hydroxyl groups is 2. The lowest BCUT2D eigenvalue weighted by molar-refractivity contribution is 0.0224. The Balaban J connectivity index is 0.000000472. The van der Waals surface area contributed by atoms with Crippen LogP contribution in [0.25, 0.3) is 0 Å². The maximum absolute atomic E-state index is 12.5. The second-order valence-corrected chi connectivity index (χ2v) is 6.47. The van der Waals surface area contributed by atoms with Gasteiger partial charge in [-0.2, -0.15) is 0 Å². The molecule has 144 valence electrons. The molecule has 0 aliphatic carbocycles. The summed E-state index contributed by atoms with van der Waals surface area (Å²) in [4.78, 5) is 21.3. The average molecular weight is 407 g/mol. The van der Waals surface area contributed by atoms with Gasteiger partial charge in [-0.3, -0.25) is 0 Å². The summed E-state index contributed by atoms with van der Waals surface area (Å²) >= 11 is 3.12. The summed E-state index contributed by atoms with van der Waals surface area (Å²) in [5, 5.41) is 19.7. The molecule has 2 heterocycles. The molecular formula is C21H13NO6S. The minimum atomic E-state index is -1.17. The monoisotopic (exact) mass is 407 g/mol. The number of fused-ring (bicyclic) bond motifs is 6. The van der Waals surface area contributed by atoms with Gasteiger partial charge in [0, 0.05) is 28.8 Å². The third kappa shape index (κ3) is 2.82. The van der Waals surface area contributed by atoms with Crippen molar-refractivity contribution in [1.82, 2.24) is 0 Å². The molecule has 0 saturated carbocycles. The van der Waals surface area contributed by atoms with E-state index in [1.54, 1.807) is 24.3 Å². The number of thiol groups is 1. The molecule has 0 aromatic heterocycles. The van der Waals surface area contributed by atoms with Gasteiger partial charge in [0.1, 0.15) is 23.0 Å². The van der Waals surface area contributed by atoms with E-state index in [2.05, 4.69) is 17.2 Å². The molecule has 0 bridgehead atoms. The molecule has 2 aliphatic rings. The number of hydrogen-bond donors (Lipinski definition) is 3. The quantitative estimate of drug-likeness (QED) is 0.226. The predicted molar refractivity (Wildman–Crippen MR) is 105 cm³/mol. The van der Waals surface area contributed by atoms with Gasteiger partial charge >= 0.3 is 5.97 Å². The Hall–Kier alpha value is -3.74. The smallest absolute Gasteiger partial charge is 0.340 e. The Kier molecular flexibility index (Phi) is 4.50. The molecule has 0 unspecified atom stereocenters. The summed E-state index contributed by atoms with van der Waals surface area (Å²) < 4.78 is 14.4. The molecule has 8 heteroatoms. The number of rotatable bonds is 0. The number of carbonyl (C=O) groups excluding carboxylic acids is 2. The first-order valence-electron chi connectivity index (χ1n) is 8.40. The molecule has 0 amide bonds. The van der Waals surface area contributed by atoms with Crippen molar-refractivity contribution in [2.45, 2.75) is 5.60 Å². The fraction of sp³-hybridized carbons (Fsp3) is 0.0476. The summed E-state index contributed by atoms with van der Waals surface area (Å²) in [6.07, 6.45) is 1.17. The highest BCUT2D eigenvalue weighted by molar-refractivity contribution is 7.78. The average Bonchev–Trinajstić information content (AvgIpc) is 3.01. The predicted octanol–water partition coefficient (Wildman–Crippen LogP) is 3.83. The number of phenolic OH excluding ortho intramolecular Hbond substituents is 2. The minimum Gasteiger partial charge on any atom is -0.508 e.